The van der Waals surface area contributed by atoms with E-state index in [0.29, 0.717) is 29.0 Å². The van der Waals surface area contributed by atoms with Gasteiger partial charge in [0.05, 0.1) is 24.9 Å². The minimum Gasteiger partial charge on any atom is -0.469 e. The van der Waals surface area contributed by atoms with Crippen molar-refractivity contribution in [2.24, 2.45) is 0 Å². The highest BCUT2D eigenvalue weighted by atomic mass is 16.5. The minimum atomic E-state index is 0.182. The summed E-state index contributed by atoms with van der Waals surface area (Å²) in [7, 11) is 0. The Hall–Kier alpha value is -3.88. The van der Waals surface area contributed by atoms with Gasteiger partial charge in [-0.3, -0.25) is 9.88 Å². The van der Waals surface area contributed by atoms with E-state index in [1.165, 1.54) is 10.1 Å². The Morgan fingerprint density at radius 2 is 2.15 bits per heavy atom. The zero-order valence-corrected chi connectivity index (χ0v) is 17.9. The number of hydrogen-bond donors (Lipinski definition) is 0. The van der Waals surface area contributed by atoms with Gasteiger partial charge in [-0.25, -0.2) is 0 Å². The maximum absolute atomic E-state index is 9.57. The summed E-state index contributed by atoms with van der Waals surface area (Å²) in [5.74, 6) is 1.24. The molecule has 0 radical (unpaired) electrons. The highest BCUT2D eigenvalue weighted by molar-refractivity contribution is 5.57. The molecule has 0 saturated carbocycles. The quantitative estimate of drug-likeness (QED) is 0.448. The smallest absolute Gasteiger partial charge is 0.250 e. The summed E-state index contributed by atoms with van der Waals surface area (Å²) < 4.78 is 17.9. The topological polar surface area (TPSA) is 127 Å². The zero-order chi connectivity index (χ0) is 22.4. The average Bonchev–Trinajstić information content (AvgIpc) is 3.41. The second kappa shape index (κ2) is 7.91. The predicted octanol–water partition coefficient (Wildman–Crippen LogP) is 1.69. The van der Waals surface area contributed by atoms with E-state index < -0.39 is 0 Å². The van der Waals surface area contributed by atoms with Gasteiger partial charge in [0, 0.05) is 37.3 Å². The minimum absolute atomic E-state index is 0.182. The third kappa shape index (κ3) is 3.59. The lowest BCUT2D eigenvalue weighted by atomic mass is 10.0. The Bertz CT molecular complexity index is 1380. The monoisotopic (exact) mass is 444 g/mol. The third-order valence-electron chi connectivity index (χ3n) is 5.97. The Kier molecular flexibility index (Phi) is 4.74. The van der Waals surface area contributed by atoms with Crippen LogP contribution in [0.4, 0.5) is 0 Å². The van der Waals surface area contributed by atoms with Crippen molar-refractivity contribution in [1.82, 2.24) is 34.9 Å². The SMILES string of the molecule is Cc1cc(-c2nnc3cc(C#N)c(OCc4ccc5c(n4)CCN(C4COC4)C5)nn23)no1. The van der Waals surface area contributed by atoms with Gasteiger partial charge in [0.1, 0.15) is 24.0 Å². The molecule has 0 atom stereocenters. The summed E-state index contributed by atoms with van der Waals surface area (Å²) in [4.78, 5) is 7.25. The average molecular weight is 444 g/mol. The van der Waals surface area contributed by atoms with Gasteiger partial charge in [-0.05, 0) is 18.6 Å². The molecular weight excluding hydrogens is 424 g/mol. The van der Waals surface area contributed by atoms with E-state index in [1.807, 2.05) is 6.07 Å². The molecule has 11 nitrogen and oxygen atoms in total. The first kappa shape index (κ1) is 19.8. The molecule has 0 bridgehead atoms. The first-order valence-corrected chi connectivity index (χ1v) is 10.7. The summed E-state index contributed by atoms with van der Waals surface area (Å²) in [6.45, 7) is 5.50. The molecule has 11 heteroatoms. The molecular formula is C22H20N8O3. The van der Waals surface area contributed by atoms with Gasteiger partial charge in [0.2, 0.25) is 11.7 Å². The number of ether oxygens (including phenoxy) is 2. The molecule has 1 saturated heterocycles. The van der Waals surface area contributed by atoms with E-state index >= 15 is 0 Å². The second-order valence-electron chi connectivity index (χ2n) is 8.20. The summed E-state index contributed by atoms with van der Waals surface area (Å²) in [6, 6.07) is 10.0. The molecule has 6 rings (SSSR count). The van der Waals surface area contributed by atoms with E-state index in [1.54, 1.807) is 19.1 Å². The fourth-order valence-electron chi connectivity index (χ4n) is 4.09. The fourth-order valence-corrected chi connectivity index (χ4v) is 4.09. The van der Waals surface area contributed by atoms with Crippen LogP contribution in [0.25, 0.3) is 17.2 Å². The molecule has 0 aromatic carbocycles. The first-order chi connectivity index (χ1) is 16.2. The molecule has 0 aliphatic carbocycles. The lowest BCUT2D eigenvalue weighted by Gasteiger charge is -2.39. The molecule has 1 fully saturated rings. The van der Waals surface area contributed by atoms with Crippen LogP contribution in [0.3, 0.4) is 0 Å². The van der Waals surface area contributed by atoms with Crippen LogP contribution in [-0.2, 0) is 24.3 Å². The van der Waals surface area contributed by atoms with Crippen LogP contribution in [0, 0.1) is 18.3 Å². The number of pyridine rings is 1. The normalized spacial score (nSPS) is 16.4. The Labute approximate surface area is 188 Å². The van der Waals surface area contributed by atoms with Crippen LogP contribution in [0.15, 0.2) is 28.8 Å². The van der Waals surface area contributed by atoms with Crippen LogP contribution < -0.4 is 4.74 Å². The Morgan fingerprint density at radius 3 is 2.91 bits per heavy atom. The van der Waals surface area contributed by atoms with Gasteiger partial charge in [-0.2, -0.15) is 9.78 Å². The van der Waals surface area contributed by atoms with Crippen molar-refractivity contribution < 1.29 is 14.0 Å². The van der Waals surface area contributed by atoms with E-state index in [0.717, 1.165) is 44.1 Å². The molecule has 0 spiro atoms. The molecule has 0 unspecified atom stereocenters. The van der Waals surface area contributed by atoms with Crippen LogP contribution in [0.1, 0.15) is 28.3 Å². The number of aromatic nitrogens is 6. The Balaban J connectivity index is 1.23. The molecule has 2 aliphatic heterocycles. The number of fused-ring (bicyclic) bond motifs is 2. The molecule has 2 aliphatic rings. The van der Waals surface area contributed by atoms with Crippen LogP contribution >= 0.6 is 0 Å². The molecule has 6 heterocycles. The lowest BCUT2D eigenvalue weighted by molar-refractivity contribution is -0.0696. The zero-order valence-electron chi connectivity index (χ0n) is 17.9. The van der Waals surface area contributed by atoms with E-state index in [-0.39, 0.29) is 18.1 Å². The van der Waals surface area contributed by atoms with Gasteiger partial charge in [0.25, 0.3) is 0 Å². The van der Waals surface area contributed by atoms with Gasteiger partial charge in [0.15, 0.2) is 11.3 Å². The van der Waals surface area contributed by atoms with Gasteiger partial charge in [-0.1, -0.05) is 11.2 Å². The summed E-state index contributed by atoms with van der Waals surface area (Å²) in [6.07, 6.45) is 0.897. The molecule has 166 valence electrons. The van der Waals surface area contributed by atoms with Crippen molar-refractivity contribution in [2.45, 2.75) is 32.5 Å². The summed E-state index contributed by atoms with van der Waals surface area (Å²) in [5.41, 5.74) is 4.32. The predicted molar refractivity (Wildman–Crippen MR) is 113 cm³/mol. The van der Waals surface area contributed by atoms with Gasteiger partial charge in [-0.15, -0.1) is 15.3 Å². The van der Waals surface area contributed by atoms with Crippen molar-refractivity contribution in [3.63, 3.8) is 0 Å². The van der Waals surface area contributed by atoms with Crippen molar-refractivity contribution in [1.29, 1.82) is 5.26 Å². The maximum atomic E-state index is 9.57. The van der Waals surface area contributed by atoms with Gasteiger partial charge >= 0.3 is 0 Å². The van der Waals surface area contributed by atoms with Crippen LogP contribution in [0.5, 0.6) is 5.88 Å². The standard InChI is InChI=1S/C22H20N8O3/c1-13-6-19(28-33-13)21-26-25-20-7-15(8-23)22(27-30(20)21)32-10-16-3-2-14-9-29(17-11-31-12-17)5-4-18(14)24-16/h2-3,6-7,17H,4-5,9-12H2,1H3. The molecule has 4 aromatic rings. The van der Waals surface area contributed by atoms with E-state index in [2.05, 4.69) is 37.5 Å². The molecule has 0 amide bonds. The maximum Gasteiger partial charge on any atom is 0.250 e. The first-order valence-electron chi connectivity index (χ1n) is 10.7. The lowest BCUT2D eigenvalue weighted by Crippen LogP contribution is -2.50. The van der Waals surface area contributed by atoms with E-state index in [4.69, 9.17) is 19.0 Å². The number of nitriles is 1. The number of hydrogen-bond acceptors (Lipinski definition) is 10. The highest BCUT2D eigenvalue weighted by Crippen LogP contribution is 2.24. The van der Waals surface area contributed by atoms with Crippen LogP contribution in [0.2, 0.25) is 0 Å². The third-order valence-corrected chi connectivity index (χ3v) is 5.97. The molecule has 4 aromatic heterocycles. The van der Waals surface area contributed by atoms with Crippen molar-refractivity contribution in [2.75, 3.05) is 19.8 Å². The fraction of sp³-hybridized carbons (Fsp3) is 0.364. The van der Waals surface area contributed by atoms with Crippen molar-refractivity contribution in [3.05, 3.63) is 52.5 Å². The molecule has 0 N–H and O–H groups in total. The van der Waals surface area contributed by atoms with E-state index in [9.17, 15) is 5.26 Å². The summed E-state index contributed by atoms with van der Waals surface area (Å²) in [5, 5.41) is 26.2. The van der Waals surface area contributed by atoms with Gasteiger partial charge < -0.3 is 14.0 Å². The van der Waals surface area contributed by atoms with Crippen molar-refractivity contribution in [3.8, 4) is 23.5 Å². The number of aryl methyl sites for hydroxylation is 1. The Morgan fingerprint density at radius 1 is 1.24 bits per heavy atom. The second-order valence-corrected chi connectivity index (χ2v) is 8.20. The molecule has 33 heavy (non-hydrogen) atoms. The van der Waals surface area contributed by atoms with Crippen LogP contribution in [-0.4, -0.2) is 60.7 Å². The number of nitrogens with zero attached hydrogens (tertiary/aromatic N) is 8. The summed E-state index contributed by atoms with van der Waals surface area (Å²) >= 11 is 0. The number of rotatable bonds is 5. The largest absolute Gasteiger partial charge is 0.469 e. The highest BCUT2D eigenvalue weighted by Gasteiger charge is 2.29. The van der Waals surface area contributed by atoms with Crippen molar-refractivity contribution >= 4 is 5.65 Å².